The van der Waals surface area contributed by atoms with Crippen LogP contribution in [0.5, 0.6) is 11.5 Å². The molecule has 8 aliphatic rings. The molecule has 5 saturated carbocycles. The number of ether oxygens (including phenoxy) is 7. The average Bonchev–Trinajstić information content (AvgIpc) is 3.32. The van der Waals surface area contributed by atoms with Crippen molar-refractivity contribution >= 4 is 29.8 Å². The number of esters is 5. The van der Waals surface area contributed by atoms with Gasteiger partial charge in [0, 0.05) is 49.5 Å². The van der Waals surface area contributed by atoms with Crippen molar-refractivity contribution in [1.82, 2.24) is 0 Å². The van der Waals surface area contributed by atoms with Gasteiger partial charge >= 0.3 is 29.8 Å². The van der Waals surface area contributed by atoms with Crippen LogP contribution in [0.25, 0.3) is 0 Å². The first-order valence-corrected chi connectivity index (χ1v) is 27.9. The van der Waals surface area contributed by atoms with E-state index in [4.69, 9.17) is 33.2 Å². The molecular weight excluding hydrogens is 925 g/mol. The summed E-state index contributed by atoms with van der Waals surface area (Å²) in [5.74, 6) is 1.03. The van der Waals surface area contributed by atoms with Gasteiger partial charge in [-0.1, -0.05) is 73.1 Å². The predicted octanol–water partition coefficient (Wildman–Crippen LogP) is 12.1. The van der Waals surface area contributed by atoms with Crippen molar-refractivity contribution in [3.05, 3.63) is 46.2 Å². The summed E-state index contributed by atoms with van der Waals surface area (Å²) in [6.07, 6.45) is 14.3. The average molecular weight is 1010 g/mol. The Kier molecular flexibility index (Phi) is 13.9. The van der Waals surface area contributed by atoms with E-state index in [0.717, 1.165) is 87.3 Å². The summed E-state index contributed by atoms with van der Waals surface area (Å²) in [6.45, 7) is 22.0. The van der Waals surface area contributed by atoms with Crippen LogP contribution in [-0.4, -0.2) is 69.5 Å². The first-order chi connectivity index (χ1) is 34.4. The van der Waals surface area contributed by atoms with Gasteiger partial charge in [-0.15, -0.1) is 0 Å². The standard InChI is InChI=1S/C61H86O12/c1-35-22-27-61-34-43(70-36(2)62)52(71-37(3)63)53(68-12)50(61)39(35)32-38-18-20-42(67-11)51(49(38)61)73-48(65)17-15-14-16-47(64)72-46-24-25-57(8)44(56(46,6)7)23-26-59(10)45(57)21-19-40-41-33-55(4,5)28-30-60(41,54(66)69-13)31-29-58(40,59)9/h18-20,35,39,41,43-46,52H,14-17,21-34H2,1-13H3/t35?,39-,41+,43?,44+,45-,46+,52?,57+,58-,59-,60+,61+/m1/s1. The lowest BCUT2D eigenvalue weighted by Gasteiger charge is -2.71. The van der Waals surface area contributed by atoms with Crippen LogP contribution in [-0.2, 0) is 59.5 Å². The lowest BCUT2D eigenvalue weighted by Crippen LogP contribution is -2.65. The molecule has 0 amide bonds. The number of carbonyl (C=O) groups is 5. The van der Waals surface area contributed by atoms with E-state index in [1.165, 1.54) is 19.4 Å². The summed E-state index contributed by atoms with van der Waals surface area (Å²) < 4.78 is 42.2. The maximum Gasteiger partial charge on any atom is 0.312 e. The van der Waals surface area contributed by atoms with Gasteiger partial charge in [0.05, 0.1) is 26.7 Å². The molecule has 12 heteroatoms. The Morgan fingerprint density at radius 3 is 2.08 bits per heavy atom. The van der Waals surface area contributed by atoms with Crippen LogP contribution in [0.4, 0.5) is 0 Å². The quantitative estimate of drug-likeness (QED) is 0.0644. The molecule has 0 N–H and O–H groups in total. The molecule has 3 unspecified atom stereocenters. The van der Waals surface area contributed by atoms with E-state index < -0.39 is 40.9 Å². The van der Waals surface area contributed by atoms with E-state index >= 15 is 0 Å². The number of carbonyl (C=O) groups excluding carboxylic acids is 5. The molecule has 13 atom stereocenters. The highest BCUT2D eigenvalue weighted by Crippen LogP contribution is 2.76. The Morgan fingerprint density at radius 1 is 0.712 bits per heavy atom. The Labute approximate surface area is 435 Å². The fourth-order valence-corrected chi connectivity index (χ4v) is 18.1. The molecule has 0 spiro atoms. The molecule has 0 heterocycles. The smallest absolute Gasteiger partial charge is 0.312 e. The second kappa shape index (κ2) is 19.0. The zero-order chi connectivity index (χ0) is 52.8. The van der Waals surface area contributed by atoms with Crippen LogP contribution >= 0.6 is 0 Å². The number of hydrogen-bond acceptors (Lipinski definition) is 12. The Balaban J connectivity index is 0.863. The molecule has 9 rings (SSSR count). The summed E-state index contributed by atoms with van der Waals surface area (Å²) in [4.78, 5) is 66.5. The number of allylic oxidation sites excluding steroid dienone is 3. The highest BCUT2D eigenvalue weighted by molar-refractivity contribution is 5.79. The normalized spacial score (nSPS) is 38.5. The highest BCUT2D eigenvalue weighted by Gasteiger charge is 2.70. The first-order valence-electron chi connectivity index (χ1n) is 27.9. The van der Waals surface area contributed by atoms with Crippen molar-refractivity contribution in [2.24, 2.45) is 62.1 Å². The summed E-state index contributed by atoms with van der Waals surface area (Å²) >= 11 is 0. The zero-order valence-electron chi connectivity index (χ0n) is 46.5. The van der Waals surface area contributed by atoms with Gasteiger partial charge in [-0.3, -0.25) is 24.0 Å². The van der Waals surface area contributed by atoms with Gasteiger partial charge in [0.25, 0.3) is 0 Å². The molecule has 8 aliphatic carbocycles. The Morgan fingerprint density at radius 2 is 1.41 bits per heavy atom. The zero-order valence-corrected chi connectivity index (χ0v) is 46.5. The van der Waals surface area contributed by atoms with E-state index in [1.807, 2.05) is 12.1 Å². The van der Waals surface area contributed by atoms with Crippen LogP contribution in [0.1, 0.15) is 190 Å². The van der Waals surface area contributed by atoms with Gasteiger partial charge in [0.15, 0.2) is 17.6 Å². The minimum atomic E-state index is -0.910. The number of benzene rings is 1. The van der Waals surface area contributed by atoms with Crippen LogP contribution in [0, 0.1) is 62.1 Å². The molecule has 0 saturated heterocycles. The van der Waals surface area contributed by atoms with E-state index in [-0.39, 0.29) is 69.8 Å². The van der Waals surface area contributed by atoms with Gasteiger partial charge in [0.2, 0.25) is 0 Å². The number of methoxy groups -OCH3 is 3. The van der Waals surface area contributed by atoms with Crippen molar-refractivity contribution in [3.8, 4) is 11.5 Å². The third kappa shape index (κ3) is 8.46. The highest BCUT2D eigenvalue weighted by atomic mass is 16.6. The minimum Gasteiger partial charge on any atom is -0.497 e. The first kappa shape index (κ1) is 53.5. The van der Waals surface area contributed by atoms with Crippen LogP contribution < -0.4 is 9.47 Å². The van der Waals surface area contributed by atoms with Crippen LogP contribution in [0.2, 0.25) is 0 Å². The van der Waals surface area contributed by atoms with Crippen molar-refractivity contribution < 1.29 is 57.1 Å². The molecule has 0 aromatic heterocycles. The Hall–Kier alpha value is -4.35. The molecule has 0 aliphatic heterocycles. The van der Waals surface area contributed by atoms with Crippen molar-refractivity contribution in [2.45, 2.75) is 209 Å². The minimum absolute atomic E-state index is 0.00148. The molecule has 5 fully saturated rings. The van der Waals surface area contributed by atoms with E-state index in [9.17, 15) is 24.0 Å². The Bertz CT molecular complexity index is 2460. The molecule has 12 nitrogen and oxygen atoms in total. The lowest BCUT2D eigenvalue weighted by molar-refractivity contribution is -0.214. The molecule has 402 valence electrons. The largest absolute Gasteiger partial charge is 0.497 e. The number of hydrogen-bond donors (Lipinski definition) is 0. The van der Waals surface area contributed by atoms with Gasteiger partial charge < -0.3 is 33.2 Å². The predicted molar refractivity (Wildman–Crippen MR) is 275 cm³/mol. The number of unbranched alkanes of at least 4 members (excludes halogenated alkanes) is 1. The topological polar surface area (TPSA) is 150 Å². The fraction of sp³-hybridized carbons (Fsp3) is 0.754. The molecule has 73 heavy (non-hydrogen) atoms. The van der Waals surface area contributed by atoms with Gasteiger partial charge in [0.1, 0.15) is 18.0 Å². The van der Waals surface area contributed by atoms with Gasteiger partial charge in [-0.05, 0) is 165 Å². The number of rotatable bonds is 12. The summed E-state index contributed by atoms with van der Waals surface area (Å²) in [6, 6.07) is 3.89. The van der Waals surface area contributed by atoms with E-state index in [0.29, 0.717) is 67.1 Å². The van der Waals surface area contributed by atoms with Gasteiger partial charge in [-0.2, -0.15) is 0 Å². The molecular formula is C61H86O12. The van der Waals surface area contributed by atoms with Crippen LogP contribution in [0.3, 0.4) is 0 Å². The molecule has 2 bridgehead atoms. The molecule has 1 aromatic rings. The second-order valence-electron chi connectivity index (χ2n) is 26.3. The molecule has 1 aromatic carbocycles. The van der Waals surface area contributed by atoms with E-state index in [2.05, 4.69) is 61.5 Å². The van der Waals surface area contributed by atoms with Crippen molar-refractivity contribution in [2.75, 3.05) is 21.3 Å². The van der Waals surface area contributed by atoms with Gasteiger partial charge in [-0.25, -0.2) is 0 Å². The summed E-state index contributed by atoms with van der Waals surface area (Å²) in [5, 5.41) is 0. The fourth-order valence-electron chi connectivity index (χ4n) is 18.1. The monoisotopic (exact) mass is 1010 g/mol. The summed E-state index contributed by atoms with van der Waals surface area (Å²) in [5.41, 5.74) is 3.35. The lowest BCUT2D eigenvalue weighted by atomic mass is 9.33. The second-order valence-corrected chi connectivity index (χ2v) is 26.3. The van der Waals surface area contributed by atoms with Crippen molar-refractivity contribution in [1.29, 1.82) is 0 Å². The molecule has 0 radical (unpaired) electrons. The SMILES string of the molecule is COC(=O)[C@]12CCC(C)(C)C[C@H]1C1=CC[C@@H]3[C@@]4(C)CC[C@H](OC(=O)CCCCC(=O)Oc5c(OC)ccc6c5[C@@]57CCC(C)[C@@H](C6)C5=C(OC)C(OC(C)=O)C(OC(C)=O)C7)C(C)(C)[C@@H]4CC[C@@]3(C)[C@]1(C)CC2. The third-order valence-corrected chi connectivity index (χ3v) is 21.9. The summed E-state index contributed by atoms with van der Waals surface area (Å²) in [7, 11) is 4.69. The third-order valence-electron chi connectivity index (χ3n) is 21.9. The maximum absolute atomic E-state index is 13.9. The van der Waals surface area contributed by atoms with Crippen molar-refractivity contribution in [3.63, 3.8) is 0 Å². The van der Waals surface area contributed by atoms with Crippen LogP contribution in [0.15, 0.2) is 35.1 Å². The number of fused-ring (bicyclic) bond motifs is 8. The van der Waals surface area contributed by atoms with E-state index in [1.54, 1.807) is 21.3 Å². The maximum atomic E-state index is 13.9.